The number of hydrogen-bond acceptors (Lipinski definition) is 0. The van der Waals surface area contributed by atoms with Crippen molar-refractivity contribution < 1.29 is 0 Å². The summed E-state index contributed by atoms with van der Waals surface area (Å²) >= 11 is 0. The first-order valence-electron chi connectivity index (χ1n) is 10.8. The highest BCUT2D eigenvalue weighted by molar-refractivity contribution is 4.94. The zero-order chi connectivity index (χ0) is 18.6. The molecule has 0 aromatic heterocycles. The van der Waals surface area contributed by atoms with Gasteiger partial charge < -0.3 is 0 Å². The standard InChI is InChI=1S/C24H48/c1-20(2)12-9-13-21(3)14-10-15-22(4)16-11-17-23(5)18-19-24(6,7)8/h18-23H,9-17H2,1-8H3/b19-18-. The first-order chi connectivity index (χ1) is 11.1. The minimum absolute atomic E-state index is 0.327. The molecule has 0 aliphatic rings. The number of hydrogen-bond donors (Lipinski definition) is 0. The summed E-state index contributed by atoms with van der Waals surface area (Å²) in [6, 6.07) is 0. The molecule has 144 valence electrons. The van der Waals surface area contributed by atoms with Crippen LogP contribution in [0.2, 0.25) is 0 Å². The summed E-state index contributed by atoms with van der Waals surface area (Å²) in [4.78, 5) is 0. The zero-order valence-corrected chi connectivity index (χ0v) is 18.3. The Hall–Kier alpha value is -0.260. The predicted molar refractivity (Wildman–Crippen MR) is 112 cm³/mol. The molecule has 0 amide bonds. The van der Waals surface area contributed by atoms with Crippen molar-refractivity contribution in [3.05, 3.63) is 12.2 Å². The Bertz CT molecular complexity index is 304. The third kappa shape index (κ3) is 16.6. The van der Waals surface area contributed by atoms with Gasteiger partial charge in [0.25, 0.3) is 0 Å². The Kier molecular flexibility index (Phi) is 12.9. The third-order valence-corrected chi connectivity index (χ3v) is 5.15. The first-order valence-corrected chi connectivity index (χ1v) is 10.8. The van der Waals surface area contributed by atoms with Gasteiger partial charge in [0.2, 0.25) is 0 Å². The Labute approximate surface area is 154 Å². The van der Waals surface area contributed by atoms with Crippen molar-refractivity contribution in [2.75, 3.05) is 0 Å². The molecule has 0 saturated heterocycles. The molecule has 3 atom stereocenters. The second-order valence-electron chi connectivity index (χ2n) is 10.1. The molecule has 0 spiro atoms. The van der Waals surface area contributed by atoms with Crippen LogP contribution in [0, 0.1) is 29.1 Å². The highest BCUT2D eigenvalue weighted by Crippen LogP contribution is 2.23. The van der Waals surface area contributed by atoms with Gasteiger partial charge in [-0.15, -0.1) is 0 Å². The van der Waals surface area contributed by atoms with E-state index in [9.17, 15) is 0 Å². The van der Waals surface area contributed by atoms with E-state index in [0.717, 1.165) is 23.7 Å². The summed E-state index contributed by atoms with van der Waals surface area (Å²) in [5.41, 5.74) is 0.327. The van der Waals surface area contributed by atoms with E-state index in [4.69, 9.17) is 0 Å². The lowest BCUT2D eigenvalue weighted by molar-refractivity contribution is 0.383. The van der Waals surface area contributed by atoms with Crippen LogP contribution < -0.4 is 0 Å². The van der Waals surface area contributed by atoms with Gasteiger partial charge in [0.1, 0.15) is 0 Å². The lowest BCUT2D eigenvalue weighted by Gasteiger charge is -2.16. The maximum Gasteiger partial charge on any atom is -0.0203 e. The van der Waals surface area contributed by atoms with Gasteiger partial charge in [0.15, 0.2) is 0 Å². The van der Waals surface area contributed by atoms with E-state index >= 15 is 0 Å². The minimum atomic E-state index is 0.327. The van der Waals surface area contributed by atoms with E-state index in [-0.39, 0.29) is 0 Å². The van der Waals surface area contributed by atoms with E-state index in [0.29, 0.717) is 5.41 Å². The van der Waals surface area contributed by atoms with E-state index in [1.807, 2.05) is 0 Å². The molecule has 0 saturated carbocycles. The summed E-state index contributed by atoms with van der Waals surface area (Å²) < 4.78 is 0. The molecule has 0 aliphatic heterocycles. The topological polar surface area (TPSA) is 0 Å². The highest BCUT2D eigenvalue weighted by Gasteiger charge is 2.08. The van der Waals surface area contributed by atoms with Gasteiger partial charge in [-0.05, 0) is 35.5 Å². The molecule has 0 nitrogen and oxygen atoms in total. The van der Waals surface area contributed by atoms with E-state index in [1.165, 1.54) is 57.8 Å². The normalized spacial score (nSPS) is 16.7. The number of rotatable bonds is 13. The fourth-order valence-corrected chi connectivity index (χ4v) is 3.32. The third-order valence-electron chi connectivity index (χ3n) is 5.15. The molecule has 0 rings (SSSR count). The summed E-state index contributed by atoms with van der Waals surface area (Å²) in [5, 5.41) is 0. The van der Waals surface area contributed by atoms with Crippen molar-refractivity contribution in [1.29, 1.82) is 0 Å². The van der Waals surface area contributed by atoms with Crippen LogP contribution in [0.4, 0.5) is 0 Å². The van der Waals surface area contributed by atoms with Crippen LogP contribution in [0.3, 0.4) is 0 Å². The molecule has 3 unspecified atom stereocenters. The molecule has 0 bridgehead atoms. The van der Waals surface area contributed by atoms with Crippen molar-refractivity contribution in [1.82, 2.24) is 0 Å². The lowest BCUT2D eigenvalue weighted by Crippen LogP contribution is -2.02. The van der Waals surface area contributed by atoms with E-state index in [2.05, 4.69) is 67.5 Å². The lowest BCUT2D eigenvalue weighted by atomic mass is 9.90. The Morgan fingerprint density at radius 3 is 1.46 bits per heavy atom. The van der Waals surface area contributed by atoms with Crippen LogP contribution >= 0.6 is 0 Å². The largest absolute Gasteiger partial charge is 0.0852 e. The van der Waals surface area contributed by atoms with Gasteiger partial charge >= 0.3 is 0 Å². The molecule has 0 radical (unpaired) electrons. The van der Waals surface area contributed by atoms with Crippen LogP contribution in [-0.2, 0) is 0 Å². The molecule has 0 N–H and O–H groups in total. The van der Waals surface area contributed by atoms with E-state index in [1.54, 1.807) is 0 Å². The SMILES string of the molecule is CC(C)CCCC(C)CCCC(C)CCCC(C)/C=C\C(C)(C)C. The van der Waals surface area contributed by atoms with Gasteiger partial charge in [0.05, 0.1) is 0 Å². The van der Waals surface area contributed by atoms with Gasteiger partial charge in [-0.3, -0.25) is 0 Å². The van der Waals surface area contributed by atoms with Gasteiger partial charge in [0, 0.05) is 0 Å². The average molecular weight is 337 g/mol. The summed E-state index contributed by atoms with van der Waals surface area (Å²) in [5.74, 6) is 3.44. The van der Waals surface area contributed by atoms with Crippen molar-refractivity contribution in [2.45, 2.75) is 113 Å². The van der Waals surface area contributed by atoms with Crippen molar-refractivity contribution in [2.24, 2.45) is 29.1 Å². The number of allylic oxidation sites excluding steroid dienone is 2. The first kappa shape index (κ1) is 23.7. The van der Waals surface area contributed by atoms with Crippen LogP contribution in [0.1, 0.15) is 113 Å². The summed E-state index contributed by atoms with van der Waals surface area (Å²) in [6.07, 6.45) is 17.5. The predicted octanol–water partition coefficient (Wildman–Crippen LogP) is 8.66. The van der Waals surface area contributed by atoms with Crippen molar-refractivity contribution >= 4 is 0 Å². The Morgan fingerprint density at radius 2 is 1.04 bits per heavy atom. The van der Waals surface area contributed by atoms with Crippen LogP contribution in [0.25, 0.3) is 0 Å². The molecule has 0 heterocycles. The molecular formula is C24H48. The molecule has 0 fully saturated rings. The van der Waals surface area contributed by atoms with Crippen LogP contribution in [0.5, 0.6) is 0 Å². The monoisotopic (exact) mass is 336 g/mol. The maximum atomic E-state index is 2.46. The second-order valence-corrected chi connectivity index (χ2v) is 10.1. The smallest absolute Gasteiger partial charge is 0.0203 e. The zero-order valence-electron chi connectivity index (χ0n) is 18.3. The van der Waals surface area contributed by atoms with Crippen molar-refractivity contribution in [3.8, 4) is 0 Å². The Balaban J connectivity index is 3.65. The van der Waals surface area contributed by atoms with Gasteiger partial charge in [-0.25, -0.2) is 0 Å². The van der Waals surface area contributed by atoms with Crippen molar-refractivity contribution in [3.63, 3.8) is 0 Å². The molecule has 0 aromatic rings. The Morgan fingerprint density at radius 1 is 0.625 bits per heavy atom. The molecule has 24 heavy (non-hydrogen) atoms. The van der Waals surface area contributed by atoms with Gasteiger partial charge in [-0.2, -0.15) is 0 Å². The highest BCUT2D eigenvalue weighted by atomic mass is 14.1. The maximum absolute atomic E-state index is 2.46. The van der Waals surface area contributed by atoms with Crippen LogP contribution in [0.15, 0.2) is 12.2 Å². The summed E-state index contributed by atoms with van der Waals surface area (Å²) in [6.45, 7) is 18.8. The summed E-state index contributed by atoms with van der Waals surface area (Å²) in [7, 11) is 0. The minimum Gasteiger partial charge on any atom is -0.0852 e. The fourth-order valence-electron chi connectivity index (χ4n) is 3.32. The molecule has 0 heteroatoms. The van der Waals surface area contributed by atoms with Crippen LogP contribution in [-0.4, -0.2) is 0 Å². The second kappa shape index (κ2) is 13.0. The van der Waals surface area contributed by atoms with E-state index < -0.39 is 0 Å². The molecule has 0 aromatic carbocycles. The molecule has 0 aliphatic carbocycles. The van der Waals surface area contributed by atoms with Gasteiger partial charge in [-0.1, -0.05) is 119 Å². The fraction of sp³-hybridized carbons (Fsp3) is 0.917. The molecular weight excluding hydrogens is 288 g/mol. The average Bonchev–Trinajstić information content (AvgIpc) is 2.44. The quantitative estimate of drug-likeness (QED) is 0.295.